The average Bonchev–Trinajstić information content (AvgIpc) is 2.40. The van der Waals surface area contributed by atoms with Crippen molar-refractivity contribution in [2.24, 2.45) is 11.8 Å². The maximum atomic E-state index is 11.8. The fraction of sp³-hybridized carbons (Fsp3) is 0.526. The molecule has 0 fully saturated rings. The summed E-state index contributed by atoms with van der Waals surface area (Å²) in [5.41, 5.74) is 1.78. The highest BCUT2D eigenvalue weighted by Gasteiger charge is 2.20. The summed E-state index contributed by atoms with van der Waals surface area (Å²) in [6, 6.07) is 5.01. The van der Waals surface area contributed by atoms with E-state index in [1.165, 1.54) is 11.0 Å². The van der Waals surface area contributed by atoms with Gasteiger partial charge in [-0.15, -0.1) is 0 Å². The molecular weight excluding hydrogens is 290 g/mol. The number of benzene rings is 1. The van der Waals surface area contributed by atoms with Gasteiger partial charge < -0.3 is 14.4 Å². The van der Waals surface area contributed by atoms with Gasteiger partial charge in [0.05, 0.1) is 18.7 Å². The number of hydrogen-bond acceptors (Lipinski definition) is 3. The van der Waals surface area contributed by atoms with Crippen LogP contribution in [0.3, 0.4) is 0 Å². The number of nitrogens with one attached hydrogen (secondary N) is 1. The minimum atomic E-state index is -0.365. The Kier molecular flexibility index (Phi) is 5.47. The molecule has 0 bridgehead atoms. The minimum Gasteiger partial charge on any atom is -0.507 e. The first-order valence-corrected chi connectivity index (χ1v) is 8.36. The molecule has 0 aliphatic rings. The molecule has 0 unspecified atom stereocenters. The van der Waals surface area contributed by atoms with Gasteiger partial charge in [0, 0.05) is 23.3 Å². The predicted octanol–water partition coefficient (Wildman–Crippen LogP) is 2.50. The van der Waals surface area contributed by atoms with Crippen LogP contribution < -0.4 is 10.5 Å². The molecule has 0 radical (unpaired) electrons. The molecule has 0 atom stereocenters. The highest BCUT2D eigenvalue weighted by Crippen LogP contribution is 2.27. The van der Waals surface area contributed by atoms with E-state index < -0.39 is 0 Å². The van der Waals surface area contributed by atoms with Crippen molar-refractivity contribution in [2.75, 3.05) is 13.1 Å². The number of aromatic hydroxyl groups is 1. The van der Waals surface area contributed by atoms with Gasteiger partial charge in [-0.3, -0.25) is 0 Å². The normalized spacial score (nSPS) is 12.0. The van der Waals surface area contributed by atoms with Crippen molar-refractivity contribution in [1.29, 1.82) is 0 Å². The third-order valence-electron chi connectivity index (χ3n) is 4.02. The van der Waals surface area contributed by atoms with E-state index in [4.69, 9.17) is 4.42 Å². The lowest BCUT2D eigenvalue weighted by atomic mass is 10.0. The molecule has 23 heavy (non-hydrogen) atoms. The monoisotopic (exact) mass is 318 g/mol. The van der Waals surface area contributed by atoms with E-state index >= 15 is 0 Å². The lowest BCUT2D eigenvalue weighted by Crippen LogP contribution is -3.11. The maximum Gasteiger partial charge on any atom is 0.336 e. The number of hydrogen-bond donors (Lipinski definition) is 2. The average molecular weight is 318 g/mol. The molecule has 2 rings (SSSR count). The molecule has 0 saturated heterocycles. The van der Waals surface area contributed by atoms with Crippen molar-refractivity contribution in [1.82, 2.24) is 0 Å². The summed E-state index contributed by atoms with van der Waals surface area (Å²) >= 11 is 0. The van der Waals surface area contributed by atoms with Gasteiger partial charge in [0.2, 0.25) is 0 Å². The Morgan fingerprint density at radius 3 is 2.30 bits per heavy atom. The second-order valence-electron chi connectivity index (χ2n) is 7.31. The summed E-state index contributed by atoms with van der Waals surface area (Å²) in [5, 5.41) is 11.2. The van der Waals surface area contributed by atoms with E-state index in [1.807, 2.05) is 13.0 Å². The van der Waals surface area contributed by atoms with Crippen LogP contribution in [0.15, 0.2) is 27.4 Å². The topological polar surface area (TPSA) is 54.9 Å². The molecule has 0 aliphatic carbocycles. The molecule has 0 saturated carbocycles. The van der Waals surface area contributed by atoms with Gasteiger partial charge >= 0.3 is 5.63 Å². The number of phenolic OH excluding ortho intramolecular Hbond substituents is 1. The first-order chi connectivity index (χ1) is 10.8. The number of aryl methyl sites for hydroxylation is 1. The molecule has 2 aromatic rings. The summed E-state index contributed by atoms with van der Waals surface area (Å²) in [6.07, 6.45) is 0. The molecular formula is C19H28NO3+. The van der Waals surface area contributed by atoms with Crippen molar-refractivity contribution in [3.63, 3.8) is 0 Å². The fourth-order valence-corrected chi connectivity index (χ4v) is 3.23. The molecule has 0 amide bonds. The Bertz CT molecular complexity index is 721. The number of fused-ring (bicyclic) bond motifs is 1. The van der Waals surface area contributed by atoms with Gasteiger partial charge in [0.15, 0.2) is 5.58 Å². The lowest BCUT2D eigenvalue weighted by molar-refractivity contribution is -0.919. The quantitative estimate of drug-likeness (QED) is 0.805. The molecule has 4 heteroatoms. The van der Waals surface area contributed by atoms with Gasteiger partial charge in [-0.1, -0.05) is 27.7 Å². The van der Waals surface area contributed by atoms with Crippen LogP contribution in [0, 0.1) is 18.8 Å². The third kappa shape index (κ3) is 4.35. The molecule has 4 nitrogen and oxygen atoms in total. The largest absolute Gasteiger partial charge is 0.507 e. The summed E-state index contributed by atoms with van der Waals surface area (Å²) < 4.78 is 5.44. The second-order valence-corrected chi connectivity index (χ2v) is 7.31. The Morgan fingerprint density at radius 1 is 1.13 bits per heavy atom. The van der Waals surface area contributed by atoms with Crippen LogP contribution in [0.1, 0.15) is 38.8 Å². The number of quaternary nitrogens is 1. The Morgan fingerprint density at radius 2 is 1.74 bits per heavy atom. The van der Waals surface area contributed by atoms with E-state index in [2.05, 4.69) is 27.7 Å². The first kappa shape index (κ1) is 17.5. The fourth-order valence-electron chi connectivity index (χ4n) is 3.23. The Labute approximate surface area is 137 Å². The lowest BCUT2D eigenvalue weighted by Gasteiger charge is -2.24. The van der Waals surface area contributed by atoms with E-state index in [-0.39, 0.29) is 11.4 Å². The second kappa shape index (κ2) is 7.18. The van der Waals surface area contributed by atoms with Gasteiger partial charge in [0.25, 0.3) is 0 Å². The molecule has 0 spiro atoms. The SMILES string of the molecule is Cc1cc(=O)oc2c(C[NH+](CC(C)C)CC(C)C)c(O)ccc12. The molecule has 0 aliphatic heterocycles. The predicted molar refractivity (Wildman–Crippen MR) is 93.0 cm³/mol. The number of rotatable bonds is 6. The molecule has 1 aromatic carbocycles. The van der Waals surface area contributed by atoms with Crippen molar-refractivity contribution in [2.45, 2.75) is 41.2 Å². The van der Waals surface area contributed by atoms with E-state index in [9.17, 15) is 9.90 Å². The summed E-state index contributed by atoms with van der Waals surface area (Å²) in [5.74, 6) is 1.33. The van der Waals surface area contributed by atoms with Gasteiger partial charge in [-0.25, -0.2) is 4.79 Å². The Balaban J connectivity index is 2.48. The first-order valence-electron chi connectivity index (χ1n) is 8.36. The zero-order valence-corrected chi connectivity index (χ0v) is 14.8. The smallest absolute Gasteiger partial charge is 0.336 e. The highest BCUT2D eigenvalue weighted by molar-refractivity contribution is 5.84. The van der Waals surface area contributed by atoms with E-state index in [1.54, 1.807) is 6.07 Å². The van der Waals surface area contributed by atoms with Crippen molar-refractivity contribution < 1.29 is 14.4 Å². The minimum absolute atomic E-state index is 0.205. The van der Waals surface area contributed by atoms with E-state index in [0.717, 1.165) is 29.6 Å². The van der Waals surface area contributed by atoms with Crippen LogP contribution in [0.25, 0.3) is 11.0 Å². The maximum absolute atomic E-state index is 11.8. The zero-order valence-electron chi connectivity index (χ0n) is 14.8. The number of phenols is 1. The third-order valence-corrected chi connectivity index (χ3v) is 4.02. The summed E-state index contributed by atoms with van der Waals surface area (Å²) in [6.45, 7) is 13.4. The van der Waals surface area contributed by atoms with Crippen molar-refractivity contribution >= 4 is 11.0 Å². The van der Waals surface area contributed by atoms with Gasteiger partial charge in [-0.2, -0.15) is 0 Å². The van der Waals surface area contributed by atoms with Gasteiger partial charge in [0.1, 0.15) is 12.3 Å². The Hall–Kier alpha value is -1.81. The molecule has 2 N–H and O–H groups in total. The van der Waals surface area contributed by atoms with Crippen molar-refractivity contribution in [3.05, 3.63) is 39.7 Å². The van der Waals surface area contributed by atoms with E-state index in [0.29, 0.717) is 24.0 Å². The summed E-state index contributed by atoms with van der Waals surface area (Å²) in [4.78, 5) is 13.1. The zero-order chi connectivity index (χ0) is 17.1. The van der Waals surface area contributed by atoms with Crippen LogP contribution in [-0.2, 0) is 6.54 Å². The highest BCUT2D eigenvalue weighted by atomic mass is 16.4. The summed E-state index contributed by atoms with van der Waals surface area (Å²) in [7, 11) is 0. The molecule has 126 valence electrons. The molecule has 1 aromatic heterocycles. The van der Waals surface area contributed by atoms with Gasteiger partial charge in [-0.05, 0) is 24.6 Å². The standard InChI is InChI=1S/C19H27NO3/c1-12(2)9-20(10-13(3)4)11-16-17(21)7-6-15-14(5)8-18(22)23-19(15)16/h6-8,12-13,21H,9-11H2,1-5H3/p+1. The van der Waals surface area contributed by atoms with Crippen LogP contribution in [0.4, 0.5) is 0 Å². The molecule has 1 heterocycles. The van der Waals surface area contributed by atoms with Crippen LogP contribution >= 0.6 is 0 Å². The van der Waals surface area contributed by atoms with Crippen molar-refractivity contribution in [3.8, 4) is 5.75 Å². The van der Waals surface area contributed by atoms with Crippen LogP contribution in [0.5, 0.6) is 5.75 Å². The van der Waals surface area contributed by atoms with Crippen LogP contribution in [-0.4, -0.2) is 18.2 Å². The van der Waals surface area contributed by atoms with Crippen LogP contribution in [0.2, 0.25) is 0 Å².